The van der Waals surface area contributed by atoms with Crippen molar-refractivity contribution < 1.29 is 37.8 Å². The number of carbonyl (C=O) groups excluding carboxylic acids is 2. The summed E-state index contributed by atoms with van der Waals surface area (Å²) in [5, 5.41) is 0. The molecule has 0 radical (unpaired) electrons. The van der Waals surface area contributed by atoms with Crippen LogP contribution in [0.25, 0.3) is 11.1 Å². The van der Waals surface area contributed by atoms with Gasteiger partial charge in [0.1, 0.15) is 24.3 Å². The lowest BCUT2D eigenvalue weighted by Crippen LogP contribution is -2.25. The van der Waals surface area contributed by atoms with Gasteiger partial charge in [0.25, 0.3) is 0 Å². The Labute approximate surface area is 171 Å². The number of hydrogen-bond donors (Lipinski definition) is 2. The average molecular weight is 437 g/mol. The van der Waals surface area contributed by atoms with Gasteiger partial charge < -0.3 is 23.8 Å². The molecule has 30 heavy (non-hydrogen) atoms. The van der Waals surface area contributed by atoms with Gasteiger partial charge in [-0.2, -0.15) is 0 Å². The fourth-order valence-corrected chi connectivity index (χ4v) is 3.48. The van der Waals surface area contributed by atoms with Crippen molar-refractivity contribution in [2.24, 2.45) is 0 Å². The van der Waals surface area contributed by atoms with E-state index in [4.69, 9.17) is 19.3 Å². The van der Waals surface area contributed by atoms with E-state index in [0.29, 0.717) is 30.2 Å². The Morgan fingerprint density at radius 1 is 1.20 bits per heavy atom. The number of ether oxygens (including phenoxy) is 2. The smallest absolute Gasteiger partial charge is 0.415 e. The number of benzene rings is 1. The standard InChI is InChI=1S/C18H17FN3O7P/c19-15-7-12(22-9-13(29-18(22)24)10-28-30(25)26)2-3-14(15)11-1-4-16(20-8-11)21-5-6-27-17(21)23/h1-4,7-8,13,25-26H,5-6,9-10H2. The highest BCUT2D eigenvalue weighted by Gasteiger charge is 2.33. The highest BCUT2D eigenvalue weighted by molar-refractivity contribution is 7.39. The predicted molar refractivity (Wildman–Crippen MR) is 103 cm³/mol. The Bertz CT molecular complexity index is 959. The van der Waals surface area contributed by atoms with Crippen LogP contribution in [0.1, 0.15) is 0 Å². The quantitative estimate of drug-likeness (QED) is 0.661. The van der Waals surface area contributed by atoms with Gasteiger partial charge in [0.15, 0.2) is 0 Å². The van der Waals surface area contributed by atoms with Crippen LogP contribution in [0.5, 0.6) is 0 Å². The van der Waals surface area contributed by atoms with E-state index < -0.39 is 32.7 Å². The van der Waals surface area contributed by atoms with Crippen molar-refractivity contribution >= 4 is 32.3 Å². The topological polar surface area (TPSA) is 122 Å². The Balaban J connectivity index is 1.48. The fraction of sp³-hybridized carbons (Fsp3) is 0.278. The monoisotopic (exact) mass is 437 g/mol. The molecule has 0 aliphatic carbocycles. The zero-order chi connectivity index (χ0) is 21.3. The molecule has 0 spiro atoms. The molecule has 3 heterocycles. The molecule has 1 atom stereocenters. The summed E-state index contributed by atoms with van der Waals surface area (Å²) in [7, 11) is -2.55. The summed E-state index contributed by atoms with van der Waals surface area (Å²) in [5.41, 5.74) is 1.08. The number of pyridine rings is 1. The highest BCUT2D eigenvalue weighted by atomic mass is 31.2. The number of amides is 2. The van der Waals surface area contributed by atoms with Crippen LogP contribution in [0.4, 0.5) is 25.5 Å². The van der Waals surface area contributed by atoms with Gasteiger partial charge in [0.2, 0.25) is 0 Å². The molecule has 158 valence electrons. The maximum atomic E-state index is 14.8. The van der Waals surface area contributed by atoms with Crippen molar-refractivity contribution in [3.8, 4) is 11.1 Å². The second kappa shape index (κ2) is 8.49. The largest absolute Gasteiger partial charge is 0.447 e. The van der Waals surface area contributed by atoms with Crippen molar-refractivity contribution in [3.05, 3.63) is 42.3 Å². The molecule has 2 aromatic rings. The molecule has 2 saturated heterocycles. The molecule has 4 rings (SSSR count). The minimum absolute atomic E-state index is 0.0863. The molecule has 2 aliphatic heterocycles. The third-order valence-corrected chi connectivity index (χ3v) is 4.99. The Morgan fingerprint density at radius 3 is 2.67 bits per heavy atom. The Kier molecular flexibility index (Phi) is 5.78. The molecule has 12 heteroatoms. The third-order valence-electron chi connectivity index (χ3n) is 4.61. The van der Waals surface area contributed by atoms with E-state index >= 15 is 0 Å². The van der Waals surface area contributed by atoms with Gasteiger partial charge in [0.05, 0.1) is 25.4 Å². The molecule has 2 N–H and O–H groups in total. The third kappa shape index (κ3) is 4.19. The average Bonchev–Trinajstić information content (AvgIpc) is 3.32. The Morgan fingerprint density at radius 2 is 2.03 bits per heavy atom. The maximum absolute atomic E-state index is 14.8. The van der Waals surface area contributed by atoms with Gasteiger partial charge in [-0.3, -0.25) is 9.80 Å². The summed E-state index contributed by atoms with van der Waals surface area (Å²) in [6.07, 6.45) is -0.391. The SMILES string of the molecule is O=C1OC(COP(O)O)CN1c1ccc(-c2ccc(N3CCOC3=O)nc2)c(F)c1. The Hall–Kier alpha value is -2.85. The lowest BCUT2D eigenvalue weighted by molar-refractivity contribution is 0.0987. The number of rotatable bonds is 6. The van der Waals surface area contributed by atoms with Gasteiger partial charge >= 0.3 is 20.8 Å². The van der Waals surface area contributed by atoms with Gasteiger partial charge in [-0.1, -0.05) is 0 Å². The van der Waals surface area contributed by atoms with Gasteiger partial charge in [-0.15, -0.1) is 0 Å². The van der Waals surface area contributed by atoms with Gasteiger partial charge in [0, 0.05) is 17.3 Å². The van der Waals surface area contributed by atoms with Crippen molar-refractivity contribution in [2.45, 2.75) is 6.10 Å². The summed E-state index contributed by atoms with van der Waals surface area (Å²) >= 11 is 0. The number of cyclic esters (lactones) is 2. The van der Waals surface area contributed by atoms with Crippen molar-refractivity contribution in [1.29, 1.82) is 0 Å². The molecule has 2 amide bonds. The normalized spacial score (nSPS) is 18.9. The van der Waals surface area contributed by atoms with E-state index in [9.17, 15) is 14.0 Å². The summed E-state index contributed by atoms with van der Waals surface area (Å²) in [6.45, 7) is 0.614. The first-order valence-electron chi connectivity index (χ1n) is 8.91. The van der Waals surface area contributed by atoms with E-state index in [-0.39, 0.29) is 18.7 Å². The molecule has 1 unspecified atom stereocenters. The van der Waals surface area contributed by atoms with Crippen LogP contribution in [-0.2, 0) is 14.0 Å². The van der Waals surface area contributed by atoms with E-state index in [1.54, 1.807) is 18.2 Å². The van der Waals surface area contributed by atoms with Crippen molar-refractivity contribution in [1.82, 2.24) is 4.98 Å². The van der Waals surface area contributed by atoms with Gasteiger partial charge in [-0.05, 0) is 30.3 Å². The van der Waals surface area contributed by atoms with Crippen LogP contribution in [0, 0.1) is 5.82 Å². The van der Waals surface area contributed by atoms with Crippen LogP contribution >= 0.6 is 8.60 Å². The summed E-state index contributed by atoms with van der Waals surface area (Å²) in [4.78, 5) is 48.1. The predicted octanol–water partition coefficient (Wildman–Crippen LogP) is 2.40. The van der Waals surface area contributed by atoms with E-state index in [0.717, 1.165) is 0 Å². The number of nitrogens with zero attached hydrogens (tertiary/aromatic N) is 3. The minimum Gasteiger partial charge on any atom is -0.447 e. The number of hydrogen-bond acceptors (Lipinski definition) is 8. The van der Waals surface area contributed by atoms with Crippen LogP contribution < -0.4 is 9.80 Å². The second-order valence-corrected chi connectivity index (χ2v) is 7.26. The molecule has 1 aromatic heterocycles. The molecular formula is C18H17FN3O7P. The number of carbonyl (C=O) groups is 2. The van der Waals surface area contributed by atoms with Crippen molar-refractivity contribution in [3.63, 3.8) is 0 Å². The molecule has 2 fully saturated rings. The zero-order valence-electron chi connectivity index (χ0n) is 15.5. The summed E-state index contributed by atoms with van der Waals surface area (Å²) in [6, 6.07) is 7.54. The lowest BCUT2D eigenvalue weighted by Gasteiger charge is -2.15. The highest BCUT2D eigenvalue weighted by Crippen LogP contribution is 2.31. The first kappa shape index (κ1) is 20.4. The summed E-state index contributed by atoms with van der Waals surface area (Å²) < 4.78 is 29.4. The van der Waals surface area contributed by atoms with E-state index in [2.05, 4.69) is 9.51 Å². The van der Waals surface area contributed by atoms with Crippen LogP contribution in [0.15, 0.2) is 36.5 Å². The lowest BCUT2D eigenvalue weighted by atomic mass is 10.1. The number of aromatic nitrogens is 1. The number of halogens is 1. The first-order valence-corrected chi connectivity index (χ1v) is 10.1. The number of anilines is 2. The molecule has 10 nitrogen and oxygen atoms in total. The van der Waals surface area contributed by atoms with Gasteiger partial charge in [-0.25, -0.2) is 19.0 Å². The van der Waals surface area contributed by atoms with E-state index in [1.807, 2.05) is 0 Å². The maximum Gasteiger partial charge on any atom is 0.415 e. The van der Waals surface area contributed by atoms with Crippen LogP contribution in [-0.4, -0.2) is 59.4 Å². The molecular weight excluding hydrogens is 420 g/mol. The fourth-order valence-electron chi connectivity index (χ4n) is 3.18. The molecule has 0 saturated carbocycles. The molecule has 1 aromatic carbocycles. The minimum atomic E-state index is -2.55. The molecule has 2 aliphatic rings. The molecule has 0 bridgehead atoms. The second-order valence-electron chi connectivity index (χ2n) is 6.50. The van der Waals surface area contributed by atoms with E-state index in [1.165, 1.54) is 28.1 Å². The zero-order valence-corrected chi connectivity index (χ0v) is 16.4. The van der Waals surface area contributed by atoms with Crippen LogP contribution in [0.3, 0.4) is 0 Å². The van der Waals surface area contributed by atoms with Crippen LogP contribution in [0.2, 0.25) is 0 Å². The first-order chi connectivity index (χ1) is 14.4. The summed E-state index contributed by atoms with van der Waals surface area (Å²) in [5.74, 6) is -0.148. The van der Waals surface area contributed by atoms with Crippen molar-refractivity contribution in [2.75, 3.05) is 36.1 Å².